The van der Waals surface area contributed by atoms with Gasteiger partial charge in [0.25, 0.3) is 0 Å². The molecule has 134 valence electrons. The number of alkyl halides is 7. The van der Waals surface area contributed by atoms with Gasteiger partial charge >= 0.3 is 17.8 Å². The summed E-state index contributed by atoms with van der Waals surface area (Å²) in [7, 11) is -4.69. The fourth-order valence-corrected chi connectivity index (χ4v) is 6.38. The highest BCUT2D eigenvalue weighted by molar-refractivity contribution is 7.60. The topological polar surface area (TPSA) is 37.3 Å². The summed E-state index contributed by atoms with van der Waals surface area (Å²) in [6, 6.07) is 0. The first kappa shape index (κ1) is 19.1. The standard InChI is InChI=1S/C13H16ClF6O2P/c1-2-23(21,22)10(8-5-3-4-6-8)7-11(15,16)13(19,20)12(17,18)9(10)14/h5,9H,2-4,6-7H2,1H3,(H,21,22). The number of halogens is 7. The summed E-state index contributed by atoms with van der Waals surface area (Å²) in [5.74, 6) is -16.2. The van der Waals surface area contributed by atoms with E-state index in [2.05, 4.69) is 0 Å². The van der Waals surface area contributed by atoms with Crippen LogP contribution in [0.4, 0.5) is 26.3 Å². The maximum atomic E-state index is 14.1. The Morgan fingerprint density at radius 1 is 1.30 bits per heavy atom. The second-order valence-corrected chi connectivity index (χ2v) is 9.27. The van der Waals surface area contributed by atoms with Crippen molar-refractivity contribution in [3.05, 3.63) is 11.6 Å². The molecular weight excluding hydrogens is 369 g/mol. The molecule has 1 saturated carbocycles. The fraction of sp³-hybridized carbons (Fsp3) is 0.846. The molecule has 0 aromatic heterocycles. The zero-order chi connectivity index (χ0) is 17.9. The van der Waals surface area contributed by atoms with Crippen LogP contribution >= 0.6 is 19.0 Å². The van der Waals surface area contributed by atoms with Crippen molar-refractivity contribution in [2.75, 3.05) is 6.16 Å². The average Bonchev–Trinajstić information content (AvgIpc) is 2.96. The molecule has 0 saturated heterocycles. The van der Waals surface area contributed by atoms with E-state index in [1.807, 2.05) is 0 Å². The minimum absolute atomic E-state index is 0.00546. The van der Waals surface area contributed by atoms with Crippen LogP contribution in [0.25, 0.3) is 0 Å². The highest BCUT2D eigenvalue weighted by atomic mass is 35.5. The molecule has 2 rings (SSSR count). The van der Waals surface area contributed by atoms with Gasteiger partial charge < -0.3 is 4.89 Å². The molecule has 0 amide bonds. The van der Waals surface area contributed by atoms with Gasteiger partial charge in [0, 0.05) is 12.6 Å². The summed E-state index contributed by atoms with van der Waals surface area (Å²) in [5, 5.41) is -5.65. The first-order valence-corrected chi connectivity index (χ1v) is 9.35. The average molecular weight is 385 g/mol. The maximum absolute atomic E-state index is 14.1. The first-order valence-electron chi connectivity index (χ1n) is 7.07. The fourth-order valence-electron chi connectivity index (χ4n) is 3.39. The van der Waals surface area contributed by atoms with Crippen LogP contribution < -0.4 is 0 Å². The van der Waals surface area contributed by atoms with Gasteiger partial charge in [0.05, 0.1) is 5.16 Å². The van der Waals surface area contributed by atoms with Crippen molar-refractivity contribution in [1.82, 2.24) is 0 Å². The van der Waals surface area contributed by atoms with Gasteiger partial charge in [0.1, 0.15) is 5.38 Å². The quantitative estimate of drug-likeness (QED) is 0.320. The van der Waals surface area contributed by atoms with Gasteiger partial charge in [-0.15, -0.1) is 11.6 Å². The molecule has 2 aliphatic carbocycles. The van der Waals surface area contributed by atoms with Gasteiger partial charge in [0.15, 0.2) is 0 Å². The molecule has 0 radical (unpaired) electrons. The number of hydrogen-bond acceptors (Lipinski definition) is 1. The Bertz CT molecular complexity index is 579. The highest BCUT2D eigenvalue weighted by Crippen LogP contribution is 2.72. The summed E-state index contributed by atoms with van der Waals surface area (Å²) < 4.78 is 95.6. The van der Waals surface area contributed by atoms with Crippen molar-refractivity contribution >= 4 is 19.0 Å². The number of allylic oxidation sites excluding steroid dienone is 2. The smallest absolute Gasteiger partial charge is 0.344 e. The van der Waals surface area contributed by atoms with Gasteiger partial charge in [-0.25, -0.2) is 0 Å². The Balaban J connectivity index is 2.75. The monoisotopic (exact) mass is 384 g/mol. The van der Waals surface area contributed by atoms with Crippen molar-refractivity contribution in [1.29, 1.82) is 0 Å². The van der Waals surface area contributed by atoms with Crippen LogP contribution in [0.15, 0.2) is 11.6 Å². The van der Waals surface area contributed by atoms with E-state index in [-0.39, 0.29) is 12.0 Å². The van der Waals surface area contributed by atoms with Crippen LogP contribution in [0.3, 0.4) is 0 Å². The molecule has 1 N–H and O–H groups in total. The molecule has 1 fully saturated rings. The van der Waals surface area contributed by atoms with Crippen LogP contribution in [-0.2, 0) is 4.57 Å². The predicted octanol–water partition coefficient (Wildman–Crippen LogP) is 5.04. The second-order valence-electron chi connectivity index (χ2n) is 6.00. The zero-order valence-corrected chi connectivity index (χ0v) is 13.8. The molecule has 23 heavy (non-hydrogen) atoms. The summed E-state index contributed by atoms with van der Waals surface area (Å²) in [4.78, 5) is 10.2. The lowest BCUT2D eigenvalue weighted by Gasteiger charge is -2.52. The normalized spacial score (nSPS) is 38.0. The van der Waals surface area contributed by atoms with E-state index in [9.17, 15) is 35.8 Å². The Labute approximate surface area is 134 Å². The van der Waals surface area contributed by atoms with E-state index in [1.54, 1.807) is 0 Å². The molecule has 10 heteroatoms. The lowest BCUT2D eigenvalue weighted by atomic mass is 9.75. The first-order chi connectivity index (χ1) is 10.3. The third kappa shape index (κ3) is 2.31. The summed E-state index contributed by atoms with van der Waals surface area (Å²) in [6.07, 6.45) is -0.458. The largest absolute Gasteiger partial charge is 0.373 e. The van der Waals surface area contributed by atoms with Crippen molar-refractivity contribution in [2.45, 2.75) is 60.9 Å². The molecule has 0 aromatic carbocycles. The van der Waals surface area contributed by atoms with Gasteiger partial charge in [0.2, 0.25) is 7.37 Å². The Kier molecular flexibility index (Phi) is 4.49. The van der Waals surface area contributed by atoms with Crippen LogP contribution in [0.5, 0.6) is 0 Å². The lowest BCUT2D eigenvalue weighted by Crippen LogP contribution is -2.70. The van der Waals surface area contributed by atoms with E-state index in [0.717, 1.165) is 6.92 Å². The molecule has 2 nitrogen and oxygen atoms in total. The van der Waals surface area contributed by atoms with Gasteiger partial charge in [-0.2, -0.15) is 26.3 Å². The molecule has 3 atom stereocenters. The lowest BCUT2D eigenvalue weighted by molar-refractivity contribution is -0.330. The predicted molar refractivity (Wildman–Crippen MR) is 74.1 cm³/mol. The van der Waals surface area contributed by atoms with Crippen molar-refractivity contribution in [2.24, 2.45) is 0 Å². The molecule has 0 heterocycles. The molecule has 2 aliphatic rings. The van der Waals surface area contributed by atoms with Crippen molar-refractivity contribution < 1.29 is 35.8 Å². The van der Waals surface area contributed by atoms with Crippen LogP contribution in [0.1, 0.15) is 32.6 Å². The van der Waals surface area contributed by atoms with E-state index >= 15 is 0 Å². The van der Waals surface area contributed by atoms with Crippen molar-refractivity contribution in [3.63, 3.8) is 0 Å². The van der Waals surface area contributed by atoms with E-state index < -0.39 is 48.3 Å². The molecule has 0 aliphatic heterocycles. The summed E-state index contributed by atoms with van der Waals surface area (Å²) in [5.41, 5.74) is -0.139. The van der Waals surface area contributed by atoms with Crippen molar-refractivity contribution in [3.8, 4) is 0 Å². The van der Waals surface area contributed by atoms with Gasteiger partial charge in [-0.05, 0) is 19.3 Å². The molecule has 0 bridgehead atoms. The zero-order valence-electron chi connectivity index (χ0n) is 12.1. The van der Waals surface area contributed by atoms with Crippen LogP contribution in [-0.4, -0.2) is 39.4 Å². The van der Waals surface area contributed by atoms with E-state index in [0.29, 0.717) is 12.8 Å². The summed E-state index contributed by atoms with van der Waals surface area (Å²) >= 11 is 5.55. The molecule has 0 aromatic rings. The Hall–Kier alpha value is -0.200. The van der Waals surface area contributed by atoms with E-state index in [1.165, 1.54) is 6.08 Å². The Morgan fingerprint density at radius 2 is 1.87 bits per heavy atom. The minimum Gasteiger partial charge on any atom is -0.344 e. The highest BCUT2D eigenvalue weighted by Gasteiger charge is 2.84. The van der Waals surface area contributed by atoms with Crippen LogP contribution in [0.2, 0.25) is 0 Å². The maximum Gasteiger partial charge on any atom is 0.373 e. The summed E-state index contributed by atoms with van der Waals surface area (Å²) in [6.45, 7) is 1.16. The second kappa shape index (κ2) is 5.40. The third-order valence-electron chi connectivity index (χ3n) is 4.76. The number of hydrogen-bond donors (Lipinski definition) is 1. The molecule has 0 spiro atoms. The SMILES string of the molecule is CCP(=O)(O)C1(C2=CCCC2)CC(F)(F)C(F)(F)C(F)(F)C1Cl. The molecule has 3 unspecified atom stereocenters. The van der Waals surface area contributed by atoms with Crippen LogP contribution in [0, 0.1) is 0 Å². The third-order valence-corrected chi connectivity index (χ3v) is 8.36. The van der Waals surface area contributed by atoms with Gasteiger partial charge in [-0.1, -0.05) is 18.6 Å². The van der Waals surface area contributed by atoms with E-state index in [4.69, 9.17) is 11.6 Å². The minimum atomic E-state index is -5.69. The van der Waals surface area contributed by atoms with Gasteiger partial charge in [-0.3, -0.25) is 4.57 Å². The molecular formula is C13H16ClF6O2P. The number of rotatable bonds is 3. The Morgan fingerprint density at radius 3 is 2.30 bits per heavy atom.